The number of rotatable bonds is 6. The highest BCUT2D eigenvalue weighted by Gasteiger charge is 2.06. The fourth-order valence-corrected chi connectivity index (χ4v) is 2.42. The quantitative estimate of drug-likeness (QED) is 0.754. The average Bonchev–Trinajstić information content (AvgIpc) is 3.14. The van der Waals surface area contributed by atoms with E-state index in [1.54, 1.807) is 10.9 Å². The van der Waals surface area contributed by atoms with Crippen LogP contribution in [0.2, 0.25) is 0 Å². The van der Waals surface area contributed by atoms with Crippen molar-refractivity contribution in [3.8, 4) is 0 Å². The molecule has 0 saturated carbocycles. The molecule has 3 rings (SSSR count). The Morgan fingerprint density at radius 1 is 1.27 bits per heavy atom. The van der Waals surface area contributed by atoms with Crippen molar-refractivity contribution in [2.24, 2.45) is 0 Å². The summed E-state index contributed by atoms with van der Waals surface area (Å²) in [5.41, 5.74) is 2.28. The van der Waals surface area contributed by atoms with Crippen LogP contribution in [0.3, 0.4) is 0 Å². The Labute approximate surface area is 128 Å². The second-order valence-electron chi connectivity index (χ2n) is 5.30. The highest BCUT2D eigenvalue weighted by molar-refractivity contribution is 5.80. The van der Waals surface area contributed by atoms with Crippen molar-refractivity contribution in [3.63, 3.8) is 0 Å². The van der Waals surface area contributed by atoms with Crippen LogP contribution in [-0.4, -0.2) is 32.0 Å². The van der Waals surface area contributed by atoms with Crippen LogP contribution in [0.5, 0.6) is 0 Å². The van der Waals surface area contributed by atoms with E-state index in [-0.39, 0.29) is 5.91 Å². The number of nitrogens with one attached hydrogen (secondary N) is 1. The summed E-state index contributed by atoms with van der Waals surface area (Å²) < 4.78 is 3.67. The van der Waals surface area contributed by atoms with E-state index in [0.29, 0.717) is 26.1 Å². The molecular formula is C16H19N5O. The van der Waals surface area contributed by atoms with Crippen LogP contribution in [0.1, 0.15) is 12.0 Å². The first-order valence-corrected chi connectivity index (χ1v) is 7.39. The summed E-state index contributed by atoms with van der Waals surface area (Å²) in [5.74, 6) is 0.0305. The molecule has 0 fully saturated rings. The molecule has 0 saturated heterocycles. The first-order chi connectivity index (χ1) is 10.7. The number of hydrogen-bond acceptors (Lipinski definition) is 3. The lowest BCUT2D eigenvalue weighted by molar-refractivity contribution is -0.121. The first kappa shape index (κ1) is 14.3. The van der Waals surface area contributed by atoms with Crippen LogP contribution < -0.4 is 5.32 Å². The molecule has 22 heavy (non-hydrogen) atoms. The van der Waals surface area contributed by atoms with Gasteiger partial charge in [-0.1, -0.05) is 11.6 Å². The molecule has 6 nitrogen and oxygen atoms in total. The third kappa shape index (κ3) is 3.33. The Bertz CT molecular complexity index is 760. The zero-order valence-corrected chi connectivity index (χ0v) is 12.6. The molecule has 0 aliphatic heterocycles. The fraction of sp³-hybridized carbons (Fsp3) is 0.312. The maximum Gasteiger partial charge on any atom is 0.221 e. The monoisotopic (exact) mass is 297 g/mol. The Balaban J connectivity index is 1.49. The lowest BCUT2D eigenvalue weighted by atomic mass is 10.2. The third-order valence-corrected chi connectivity index (χ3v) is 3.57. The Kier molecular flexibility index (Phi) is 4.18. The van der Waals surface area contributed by atoms with E-state index in [1.165, 1.54) is 5.56 Å². The van der Waals surface area contributed by atoms with Gasteiger partial charge in [0.15, 0.2) is 0 Å². The molecule has 1 N–H and O–H groups in total. The van der Waals surface area contributed by atoms with Crippen molar-refractivity contribution in [1.82, 2.24) is 24.9 Å². The van der Waals surface area contributed by atoms with Crippen LogP contribution in [0.25, 0.3) is 10.9 Å². The van der Waals surface area contributed by atoms with Crippen LogP contribution in [0.4, 0.5) is 0 Å². The molecule has 0 unspecified atom stereocenters. The number of aryl methyl sites for hydroxylation is 2. The molecule has 0 aliphatic carbocycles. The Hall–Kier alpha value is -2.63. The van der Waals surface area contributed by atoms with Crippen LogP contribution in [0.15, 0.2) is 42.9 Å². The van der Waals surface area contributed by atoms with E-state index in [1.807, 2.05) is 29.2 Å². The number of hydrogen-bond donors (Lipinski definition) is 1. The molecule has 6 heteroatoms. The van der Waals surface area contributed by atoms with E-state index in [2.05, 4.69) is 34.6 Å². The van der Waals surface area contributed by atoms with E-state index in [4.69, 9.17) is 0 Å². The molecule has 0 spiro atoms. The summed E-state index contributed by atoms with van der Waals surface area (Å²) in [6.45, 7) is 3.91. The van der Waals surface area contributed by atoms with Crippen LogP contribution in [0, 0.1) is 6.92 Å². The summed E-state index contributed by atoms with van der Waals surface area (Å²) in [7, 11) is 0. The summed E-state index contributed by atoms with van der Waals surface area (Å²) in [6, 6.07) is 8.08. The van der Waals surface area contributed by atoms with Crippen LogP contribution >= 0.6 is 0 Å². The van der Waals surface area contributed by atoms with E-state index >= 15 is 0 Å². The first-order valence-electron chi connectivity index (χ1n) is 7.39. The van der Waals surface area contributed by atoms with E-state index in [9.17, 15) is 4.79 Å². The number of aromatic nitrogens is 4. The van der Waals surface area contributed by atoms with E-state index in [0.717, 1.165) is 10.9 Å². The minimum Gasteiger partial charge on any atom is -0.354 e. The van der Waals surface area contributed by atoms with Gasteiger partial charge in [-0.2, -0.15) is 10.2 Å². The lowest BCUT2D eigenvalue weighted by Crippen LogP contribution is -2.28. The summed E-state index contributed by atoms with van der Waals surface area (Å²) in [4.78, 5) is 11.9. The van der Waals surface area contributed by atoms with Gasteiger partial charge in [-0.25, -0.2) is 0 Å². The smallest absolute Gasteiger partial charge is 0.221 e. The van der Waals surface area contributed by atoms with Crippen molar-refractivity contribution >= 4 is 16.8 Å². The summed E-state index contributed by atoms with van der Waals surface area (Å²) >= 11 is 0. The maximum atomic E-state index is 11.9. The minimum atomic E-state index is 0.0305. The Morgan fingerprint density at radius 3 is 3.00 bits per heavy atom. The summed E-state index contributed by atoms with van der Waals surface area (Å²) in [5, 5.41) is 12.5. The topological polar surface area (TPSA) is 64.7 Å². The SMILES string of the molecule is Cc1ccc2c(cnn2CCC(=O)NCCn2cccn2)c1. The van der Waals surface area contributed by atoms with Crippen molar-refractivity contribution in [3.05, 3.63) is 48.4 Å². The molecule has 114 valence electrons. The predicted molar refractivity (Wildman–Crippen MR) is 84.3 cm³/mol. The molecular weight excluding hydrogens is 278 g/mol. The van der Waals surface area contributed by atoms with Gasteiger partial charge in [-0.3, -0.25) is 14.2 Å². The van der Waals surface area contributed by atoms with Gasteiger partial charge in [0, 0.05) is 30.7 Å². The standard InChI is InChI=1S/C16H19N5O/c1-13-3-4-15-14(11-13)12-19-21(15)9-5-16(22)17-7-10-20-8-2-6-18-20/h2-4,6,8,11-12H,5,7,9-10H2,1H3,(H,17,22). The highest BCUT2D eigenvalue weighted by Crippen LogP contribution is 2.15. The zero-order valence-electron chi connectivity index (χ0n) is 12.6. The van der Waals surface area contributed by atoms with Gasteiger partial charge in [0.25, 0.3) is 0 Å². The average molecular weight is 297 g/mol. The lowest BCUT2D eigenvalue weighted by Gasteiger charge is -2.06. The van der Waals surface area contributed by atoms with Gasteiger partial charge in [-0.15, -0.1) is 0 Å². The largest absolute Gasteiger partial charge is 0.354 e. The van der Waals surface area contributed by atoms with Gasteiger partial charge in [0.05, 0.1) is 24.8 Å². The van der Waals surface area contributed by atoms with Gasteiger partial charge in [-0.05, 0) is 25.1 Å². The normalized spacial score (nSPS) is 11.0. The van der Waals surface area contributed by atoms with Crippen molar-refractivity contribution in [2.45, 2.75) is 26.4 Å². The van der Waals surface area contributed by atoms with Gasteiger partial charge in [0.2, 0.25) is 5.91 Å². The molecule has 2 aromatic heterocycles. The molecule has 1 amide bonds. The number of carbonyl (C=O) groups is 1. The van der Waals surface area contributed by atoms with E-state index < -0.39 is 0 Å². The second kappa shape index (κ2) is 6.43. The maximum absolute atomic E-state index is 11.9. The van der Waals surface area contributed by atoms with Crippen molar-refractivity contribution in [1.29, 1.82) is 0 Å². The van der Waals surface area contributed by atoms with Gasteiger partial charge >= 0.3 is 0 Å². The Morgan fingerprint density at radius 2 is 2.18 bits per heavy atom. The van der Waals surface area contributed by atoms with Crippen LogP contribution in [-0.2, 0) is 17.9 Å². The fourth-order valence-electron chi connectivity index (χ4n) is 2.42. The number of carbonyl (C=O) groups excluding carboxylic acids is 1. The number of fused-ring (bicyclic) bond motifs is 1. The molecule has 0 bridgehead atoms. The van der Waals surface area contributed by atoms with Gasteiger partial charge < -0.3 is 5.32 Å². The molecule has 0 atom stereocenters. The molecule has 3 aromatic rings. The molecule has 2 heterocycles. The number of amides is 1. The third-order valence-electron chi connectivity index (χ3n) is 3.57. The molecule has 0 radical (unpaired) electrons. The van der Waals surface area contributed by atoms with Gasteiger partial charge in [0.1, 0.15) is 0 Å². The van der Waals surface area contributed by atoms with Crippen molar-refractivity contribution < 1.29 is 4.79 Å². The zero-order chi connectivity index (χ0) is 15.4. The molecule has 1 aromatic carbocycles. The van der Waals surface area contributed by atoms with Crippen molar-refractivity contribution in [2.75, 3.05) is 6.54 Å². The number of nitrogens with zero attached hydrogens (tertiary/aromatic N) is 4. The summed E-state index contributed by atoms with van der Waals surface area (Å²) in [6.07, 6.45) is 5.87. The minimum absolute atomic E-state index is 0.0305. The second-order valence-corrected chi connectivity index (χ2v) is 5.30. The molecule has 0 aliphatic rings. The number of benzene rings is 1. The highest BCUT2D eigenvalue weighted by atomic mass is 16.1. The predicted octanol–water partition coefficient (Wildman–Crippen LogP) is 1.75.